The van der Waals surface area contributed by atoms with E-state index in [-0.39, 0.29) is 5.69 Å². The third-order valence-electron chi connectivity index (χ3n) is 1.52. The Hall–Kier alpha value is -2.14. The van der Waals surface area contributed by atoms with Crippen LogP contribution in [-0.2, 0) is 4.79 Å². The van der Waals surface area contributed by atoms with Gasteiger partial charge in [0.2, 0.25) is 5.91 Å². The van der Waals surface area contributed by atoms with Crippen molar-refractivity contribution in [1.29, 1.82) is 0 Å². The molecule has 0 heterocycles. The van der Waals surface area contributed by atoms with E-state index in [0.717, 1.165) is 19.1 Å². The van der Waals surface area contributed by atoms with Gasteiger partial charge in [0.15, 0.2) is 5.82 Å². The van der Waals surface area contributed by atoms with E-state index in [2.05, 4.69) is 10.0 Å². The predicted octanol–water partition coefficient (Wildman–Crippen LogP) is 2.87. The first-order chi connectivity index (χ1) is 7.06. The van der Waals surface area contributed by atoms with E-state index in [9.17, 15) is 13.6 Å². The first kappa shape index (κ1) is 10.9. The molecule has 1 N–H and O–H groups in total. The maximum Gasteiger partial charge on any atom is 0.221 e. The van der Waals surface area contributed by atoms with Crippen LogP contribution in [0, 0.1) is 11.6 Å². The van der Waals surface area contributed by atoms with Crippen LogP contribution < -0.4 is 5.32 Å². The number of nitrogens with one attached hydrogen (secondary N) is 1. The molecule has 15 heavy (non-hydrogen) atoms. The third-order valence-corrected chi connectivity index (χ3v) is 1.52. The van der Waals surface area contributed by atoms with Crippen molar-refractivity contribution < 1.29 is 13.6 Å². The Morgan fingerprint density at radius 1 is 1.53 bits per heavy atom. The van der Waals surface area contributed by atoms with Gasteiger partial charge in [0, 0.05) is 11.8 Å². The summed E-state index contributed by atoms with van der Waals surface area (Å²) in [6, 6.07) is 1.88. The smallest absolute Gasteiger partial charge is 0.221 e. The molecule has 1 aromatic carbocycles. The Kier molecular flexibility index (Phi) is 3.20. The Morgan fingerprint density at radius 3 is 2.73 bits per heavy atom. The molecule has 0 atom stereocenters. The highest BCUT2D eigenvalue weighted by Crippen LogP contribution is 2.27. The molecule has 1 rings (SSSR count). The van der Waals surface area contributed by atoms with Gasteiger partial charge in [0.05, 0.1) is 5.69 Å². The van der Waals surface area contributed by atoms with E-state index in [4.69, 9.17) is 5.53 Å². The summed E-state index contributed by atoms with van der Waals surface area (Å²) in [5.74, 6) is -2.64. The summed E-state index contributed by atoms with van der Waals surface area (Å²) in [4.78, 5) is 13.0. The van der Waals surface area contributed by atoms with Crippen molar-refractivity contribution in [3.63, 3.8) is 0 Å². The molecular weight excluding hydrogens is 206 g/mol. The van der Waals surface area contributed by atoms with Gasteiger partial charge < -0.3 is 5.32 Å². The Bertz CT molecular complexity index is 454. The lowest BCUT2D eigenvalue weighted by atomic mass is 10.2. The number of carbonyl (C=O) groups is 1. The number of benzene rings is 1. The Labute approximate surface area is 83.3 Å². The van der Waals surface area contributed by atoms with E-state index in [0.29, 0.717) is 0 Å². The van der Waals surface area contributed by atoms with Crippen LogP contribution in [0.25, 0.3) is 10.4 Å². The van der Waals surface area contributed by atoms with Crippen LogP contribution in [0.2, 0.25) is 0 Å². The maximum atomic E-state index is 13.4. The molecule has 5 nitrogen and oxygen atoms in total. The molecule has 0 spiro atoms. The number of anilines is 1. The Morgan fingerprint density at radius 2 is 2.20 bits per heavy atom. The molecule has 0 aliphatic carbocycles. The second-order valence-electron chi connectivity index (χ2n) is 2.63. The number of rotatable bonds is 2. The number of hydrogen-bond donors (Lipinski definition) is 1. The maximum absolute atomic E-state index is 13.4. The van der Waals surface area contributed by atoms with Gasteiger partial charge in [-0.3, -0.25) is 4.79 Å². The molecule has 78 valence electrons. The SMILES string of the molecule is CC(=O)Nc1c(F)ccc(N=[N+]=[N-])c1F. The van der Waals surface area contributed by atoms with Crippen LogP contribution in [0.5, 0.6) is 0 Å². The molecule has 1 amide bonds. The van der Waals surface area contributed by atoms with Crippen LogP contribution in [0.1, 0.15) is 6.92 Å². The molecule has 7 heteroatoms. The fourth-order valence-electron chi connectivity index (χ4n) is 0.958. The van der Waals surface area contributed by atoms with Crippen LogP contribution in [0.15, 0.2) is 17.2 Å². The van der Waals surface area contributed by atoms with E-state index < -0.39 is 23.2 Å². The molecule has 0 unspecified atom stereocenters. The topological polar surface area (TPSA) is 77.9 Å². The second-order valence-corrected chi connectivity index (χ2v) is 2.63. The number of carbonyl (C=O) groups excluding carboxylic acids is 1. The monoisotopic (exact) mass is 212 g/mol. The van der Waals surface area contributed by atoms with E-state index >= 15 is 0 Å². The average molecular weight is 212 g/mol. The molecule has 0 saturated carbocycles. The fourth-order valence-corrected chi connectivity index (χ4v) is 0.958. The van der Waals surface area contributed by atoms with Crippen molar-refractivity contribution >= 4 is 17.3 Å². The van der Waals surface area contributed by atoms with Gasteiger partial charge >= 0.3 is 0 Å². The molecule has 1 aromatic rings. The summed E-state index contributed by atoms with van der Waals surface area (Å²) in [5.41, 5.74) is 7.11. The second kappa shape index (κ2) is 4.39. The van der Waals surface area contributed by atoms with Gasteiger partial charge in [-0.05, 0) is 17.7 Å². The molecule has 0 aliphatic rings. The zero-order valence-electron chi connectivity index (χ0n) is 7.66. The molecule has 0 aliphatic heterocycles. The molecular formula is C8H6F2N4O. The first-order valence-electron chi connectivity index (χ1n) is 3.87. The van der Waals surface area contributed by atoms with Crippen LogP contribution in [0.4, 0.5) is 20.2 Å². The van der Waals surface area contributed by atoms with Gasteiger partial charge in [-0.25, -0.2) is 8.78 Å². The van der Waals surface area contributed by atoms with Crippen LogP contribution in [0.3, 0.4) is 0 Å². The van der Waals surface area contributed by atoms with Gasteiger partial charge in [0.1, 0.15) is 11.5 Å². The molecule has 0 fully saturated rings. The minimum absolute atomic E-state index is 0.373. The average Bonchev–Trinajstić information content (AvgIpc) is 2.17. The summed E-state index contributed by atoms with van der Waals surface area (Å²) < 4.78 is 26.4. The molecule has 0 aromatic heterocycles. The summed E-state index contributed by atoms with van der Waals surface area (Å²) in [6.07, 6.45) is 0. The number of amides is 1. The van der Waals surface area contributed by atoms with Crippen molar-refractivity contribution in [2.45, 2.75) is 6.92 Å². The molecule has 0 bridgehead atoms. The lowest BCUT2D eigenvalue weighted by molar-refractivity contribution is -0.114. The lowest BCUT2D eigenvalue weighted by Gasteiger charge is -2.06. The standard InChI is InChI=1S/C8H6F2N4O/c1-4(15)12-8-5(9)2-3-6(7(8)10)13-14-11/h2-3H,1H3,(H,12,15). The van der Waals surface area contributed by atoms with E-state index in [1.807, 2.05) is 5.32 Å². The fraction of sp³-hybridized carbons (Fsp3) is 0.125. The largest absolute Gasteiger partial charge is 0.321 e. The highest BCUT2D eigenvalue weighted by atomic mass is 19.1. The zero-order valence-corrected chi connectivity index (χ0v) is 7.66. The molecule has 0 saturated heterocycles. The number of halogens is 2. The van der Waals surface area contributed by atoms with Gasteiger partial charge in [0.25, 0.3) is 0 Å². The van der Waals surface area contributed by atoms with Crippen LogP contribution in [-0.4, -0.2) is 5.91 Å². The van der Waals surface area contributed by atoms with Gasteiger partial charge in [-0.1, -0.05) is 5.11 Å². The van der Waals surface area contributed by atoms with E-state index in [1.54, 1.807) is 0 Å². The summed E-state index contributed by atoms with van der Waals surface area (Å²) in [5, 5.41) is 4.97. The summed E-state index contributed by atoms with van der Waals surface area (Å²) in [6.45, 7) is 1.11. The first-order valence-corrected chi connectivity index (χ1v) is 3.87. The molecule has 0 radical (unpaired) electrons. The van der Waals surface area contributed by atoms with Gasteiger partial charge in [-0.2, -0.15) is 0 Å². The normalized spacial score (nSPS) is 9.27. The van der Waals surface area contributed by atoms with Crippen molar-refractivity contribution in [2.75, 3.05) is 5.32 Å². The highest BCUT2D eigenvalue weighted by Gasteiger charge is 2.13. The summed E-state index contributed by atoms with van der Waals surface area (Å²) >= 11 is 0. The Balaban J connectivity index is 3.29. The van der Waals surface area contributed by atoms with Crippen molar-refractivity contribution in [1.82, 2.24) is 0 Å². The van der Waals surface area contributed by atoms with E-state index in [1.165, 1.54) is 0 Å². The minimum atomic E-state index is -1.09. The van der Waals surface area contributed by atoms with Crippen molar-refractivity contribution in [2.24, 2.45) is 5.11 Å². The minimum Gasteiger partial charge on any atom is -0.321 e. The lowest BCUT2D eigenvalue weighted by Crippen LogP contribution is -2.09. The third kappa shape index (κ3) is 2.41. The van der Waals surface area contributed by atoms with Crippen molar-refractivity contribution in [3.05, 3.63) is 34.2 Å². The zero-order chi connectivity index (χ0) is 11.4. The van der Waals surface area contributed by atoms with Crippen LogP contribution >= 0.6 is 0 Å². The number of nitrogens with zero attached hydrogens (tertiary/aromatic N) is 3. The summed E-state index contributed by atoms with van der Waals surface area (Å²) in [7, 11) is 0. The number of azide groups is 1. The van der Waals surface area contributed by atoms with Gasteiger partial charge in [-0.15, -0.1) is 0 Å². The highest BCUT2D eigenvalue weighted by molar-refractivity contribution is 5.89. The number of hydrogen-bond acceptors (Lipinski definition) is 2. The predicted molar refractivity (Wildman–Crippen MR) is 49.5 cm³/mol. The quantitative estimate of drug-likeness (QED) is 0.456. The van der Waals surface area contributed by atoms with Crippen molar-refractivity contribution in [3.8, 4) is 0 Å².